The lowest BCUT2D eigenvalue weighted by Crippen LogP contribution is -2.51. The van der Waals surface area contributed by atoms with Crippen LogP contribution in [0.3, 0.4) is 0 Å². The Hall–Kier alpha value is -6.83. The lowest BCUT2D eigenvalue weighted by Gasteiger charge is -2.34. The number of Topliss-reactive ketones (excluding diaryl/α,β-unsaturated/α-hetero) is 1. The van der Waals surface area contributed by atoms with Crippen molar-refractivity contribution in [1.82, 2.24) is 26.2 Å². The van der Waals surface area contributed by atoms with Gasteiger partial charge < -0.3 is 77.9 Å². The summed E-state index contributed by atoms with van der Waals surface area (Å²) in [5.74, 6) is -5.45. The van der Waals surface area contributed by atoms with Crippen LogP contribution in [0.4, 0.5) is 4.79 Å². The summed E-state index contributed by atoms with van der Waals surface area (Å²) in [6.45, 7) is 4.24. The molecule has 15 N–H and O–H groups in total. The number of likely N-dealkylation sites (tertiary alicyclic amines) is 1. The van der Waals surface area contributed by atoms with Crippen LogP contribution in [0.5, 0.6) is 51.7 Å². The summed E-state index contributed by atoms with van der Waals surface area (Å²) >= 11 is 0. The molecule has 0 spiro atoms. The number of benzene rings is 3. The number of nitrogens with zero attached hydrogens (tertiary/aromatic N) is 1. The Morgan fingerprint density at radius 1 is 0.683 bits per heavy atom. The van der Waals surface area contributed by atoms with Gasteiger partial charge in [0.25, 0.3) is 0 Å². The van der Waals surface area contributed by atoms with Crippen molar-refractivity contribution in [1.29, 1.82) is 0 Å². The predicted molar refractivity (Wildman–Crippen MR) is 219 cm³/mol. The third-order valence-corrected chi connectivity index (χ3v) is 9.09. The summed E-state index contributed by atoms with van der Waals surface area (Å²) in [7, 11) is 1.44. The zero-order chi connectivity index (χ0) is 44.4. The second kappa shape index (κ2) is 24.8. The molecule has 5 amide bonds. The summed E-state index contributed by atoms with van der Waals surface area (Å²) in [6.07, 6.45) is 3.48. The van der Waals surface area contributed by atoms with Crippen LogP contribution in [-0.4, -0.2) is 126 Å². The Morgan fingerprint density at radius 2 is 1.15 bits per heavy atom. The molecule has 20 nitrogen and oxygen atoms in total. The van der Waals surface area contributed by atoms with E-state index in [0.717, 1.165) is 18.9 Å². The minimum Gasteiger partial charge on any atom is -0.504 e. The molecular formula is C40H58N6O14. The minimum absolute atomic E-state index is 0. The first-order chi connectivity index (χ1) is 27.8. The molecule has 2 atom stereocenters. The summed E-state index contributed by atoms with van der Waals surface area (Å²) in [5.41, 5.74) is 6.55. The maximum absolute atomic E-state index is 12.2. The summed E-state index contributed by atoms with van der Waals surface area (Å²) in [4.78, 5) is 59.1. The monoisotopic (exact) mass is 846 g/mol. The molecule has 1 heterocycles. The second-order valence-electron chi connectivity index (χ2n) is 13.3. The van der Waals surface area contributed by atoms with Gasteiger partial charge in [-0.05, 0) is 74.8 Å². The Labute approximate surface area is 347 Å². The van der Waals surface area contributed by atoms with Gasteiger partial charge in [0.15, 0.2) is 40.3 Å². The molecule has 3 aromatic carbocycles. The summed E-state index contributed by atoms with van der Waals surface area (Å²) < 4.78 is 0. The second-order valence-corrected chi connectivity index (χ2v) is 13.3. The number of likely N-dealkylation sites (N-methyl/N-ethyl adjacent to an activating group) is 1. The van der Waals surface area contributed by atoms with E-state index in [2.05, 4.69) is 21.3 Å². The highest BCUT2D eigenvalue weighted by molar-refractivity contribution is 5.87. The number of nitrogens with two attached hydrogens (primary N) is 1. The normalized spacial score (nSPS) is 13.4. The van der Waals surface area contributed by atoms with E-state index >= 15 is 0 Å². The van der Waals surface area contributed by atoms with Crippen molar-refractivity contribution in [3.05, 3.63) is 53.1 Å². The molecule has 20 heteroatoms. The van der Waals surface area contributed by atoms with Gasteiger partial charge in [0, 0.05) is 32.2 Å². The van der Waals surface area contributed by atoms with Crippen molar-refractivity contribution in [2.45, 2.75) is 78.3 Å². The van der Waals surface area contributed by atoms with Crippen molar-refractivity contribution < 1.29 is 69.9 Å². The van der Waals surface area contributed by atoms with Crippen LogP contribution in [0.1, 0.15) is 63.6 Å². The molecule has 60 heavy (non-hydrogen) atoms. The van der Waals surface area contributed by atoms with Gasteiger partial charge in [0.05, 0.1) is 25.0 Å². The van der Waals surface area contributed by atoms with E-state index in [0.29, 0.717) is 49.9 Å². The SMILES string of the molecule is C.CC(=O)C1CCCCN1C(=O)NCCc1ccc(O)c(O)c1O.CC[C@H](N)C(=O)NCCc1ccc(O)c(O)c1O.CNC(=O)CNC(=O)Cc1ccc(O)c(O)c1O. The quantitative estimate of drug-likeness (QED) is 0.109. The number of urea groups is 1. The van der Waals surface area contributed by atoms with Gasteiger partial charge in [0.2, 0.25) is 35.0 Å². The molecule has 1 saturated heterocycles. The molecule has 0 aliphatic carbocycles. The third kappa shape index (κ3) is 15.2. The van der Waals surface area contributed by atoms with Crippen LogP contribution in [-0.2, 0) is 38.4 Å². The first-order valence-corrected chi connectivity index (χ1v) is 18.6. The maximum atomic E-state index is 12.2. The standard InChI is InChI=1S/C16H22N2O5.C12H18N2O4.C11H14N2O5.CH4/c1-10(19)12-4-2-3-9-18(12)16(23)17-8-7-11-5-6-13(20)15(22)14(11)21;1-2-8(13)12(18)14-6-5-7-3-4-9(15)11(17)10(7)16;1-12-9(16)5-13-8(15)4-6-2-3-7(14)11(18)10(6)17;/h5-6,12,20-22H,2-4,7-9H2,1H3,(H,17,23);3-4,8,15-17H,2,5-6,13H2,1H3,(H,14,18);2-3,14,17-18H,4-5H2,1H3,(H,12,16)(H,13,15);1H4/t;8-;;/m.0../s1. The number of piperidine rings is 1. The highest BCUT2D eigenvalue weighted by Crippen LogP contribution is 2.39. The molecule has 0 bridgehead atoms. The Morgan fingerprint density at radius 3 is 1.62 bits per heavy atom. The molecule has 4 rings (SSSR count). The van der Waals surface area contributed by atoms with Crippen LogP contribution in [0.15, 0.2) is 36.4 Å². The Bertz CT molecular complexity index is 1940. The molecule has 1 fully saturated rings. The van der Waals surface area contributed by atoms with Gasteiger partial charge in [-0.1, -0.05) is 32.5 Å². The van der Waals surface area contributed by atoms with Crippen LogP contribution in [0.2, 0.25) is 0 Å². The molecule has 1 aliphatic heterocycles. The van der Waals surface area contributed by atoms with Gasteiger partial charge >= 0.3 is 6.03 Å². The van der Waals surface area contributed by atoms with E-state index in [-0.39, 0.29) is 79.4 Å². The fourth-order valence-corrected chi connectivity index (χ4v) is 5.52. The summed E-state index contributed by atoms with van der Waals surface area (Å²) in [6, 6.07) is 6.80. The molecule has 0 saturated carbocycles. The predicted octanol–water partition coefficient (Wildman–Crippen LogP) is 1.54. The van der Waals surface area contributed by atoms with Crippen molar-refractivity contribution in [2.24, 2.45) is 5.73 Å². The number of hydrogen-bond acceptors (Lipinski definition) is 15. The zero-order valence-corrected chi connectivity index (χ0v) is 33.0. The molecular weight excluding hydrogens is 788 g/mol. The van der Waals surface area contributed by atoms with Crippen molar-refractivity contribution >= 4 is 29.5 Å². The number of amides is 5. The Kier molecular flexibility index (Phi) is 21.2. The molecule has 1 aliphatic rings. The van der Waals surface area contributed by atoms with Crippen LogP contribution in [0.25, 0.3) is 0 Å². The molecule has 3 aromatic rings. The van der Waals surface area contributed by atoms with E-state index in [1.807, 2.05) is 6.92 Å². The number of carbonyl (C=O) groups excluding carboxylic acids is 5. The van der Waals surface area contributed by atoms with E-state index in [1.54, 1.807) is 4.90 Å². The van der Waals surface area contributed by atoms with Gasteiger partial charge in [-0.15, -0.1) is 0 Å². The lowest BCUT2D eigenvalue weighted by atomic mass is 10.00. The molecule has 0 aromatic heterocycles. The van der Waals surface area contributed by atoms with Gasteiger partial charge in [-0.2, -0.15) is 0 Å². The average Bonchev–Trinajstić information content (AvgIpc) is 3.22. The highest BCUT2D eigenvalue weighted by atomic mass is 16.3. The van der Waals surface area contributed by atoms with Crippen molar-refractivity contribution in [2.75, 3.05) is 33.2 Å². The fraction of sp³-hybridized carbons (Fsp3) is 0.425. The number of hydrogen-bond donors (Lipinski definition) is 14. The highest BCUT2D eigenvalue weighted by Gasteiger charge is 2.29. The van der Waals surface area contributed by atoms with Crippen LogP contribution < -0.4 is 27.0 Å². The zero-order valence-electron chi connectivity index (χ0n) is 33.0. The number of ketones is 1. The lowest BCUT2D eigenvalue weighted by molar-refractivity contribution is -0.125. The van der Waals surface area contributed by atoms with Gasteiger partial charge in [0.1, 0.15) is 0 Å². The smallest absolute Gasteiger partial charge is 0.318 e. The molecule has 0 radical (unpaired) electrons. The number of aromatic hydroxyl groups is 9. The minimum atomic E-state index is -0.674. The first kappa shape index (κ1) is 51.2. The van der Waals surface area contributed by atoms with Gasteiger partial charge in [-0.25, -0.2) is 4.79 Å². The van der Waals surface area contributed by atoms with E-state index < -0.39 is 46.4 Å². The van der Waals surface area contributed by atoms with Crippen molar-refractivity contribution in [3.8, 4) is 51.7 Å². The fourth-order valence-electron chi connectivity index (χ4n) is 5.52. The van der Waals surface area contributed by atoms with E-state index in [9.17, 15) is 59.7 Å². The van der Waals surface area contributed by atoms with E-state index in [4.69, 9.17) is 15.9 Å². The third-order valence-electron chi connectivity index (χ3n) is 9.09. The van der Waals surface area contributed by atoms with Gasteiger partial charge in [-0.3, -0.25) is 19.2 Å². The number of carbonyl (C=O) groups is 5. The Balaban J connectivity index is 0.000000452. The number of rotatable bonds is 13. The number of phenols is 9. The van der Waals surface area contributed by atoms with Crippen molar-refractivity contribution in [3.63, 3.8) is 0 Å². The van der Waals surface area contributed by atoms with E-state index in [1.165, 1.54) is 44.3 Å². The first-order valence-electron chi connectivity index (χ1n) is 18.6. The number of nitrogens with one attached hydrogen (secondary N) is 4. The van der Waals surface area contributed by atoms with Crippen LogP contribution >= 0.6 is 0 Å². The molecule has 332 valence electrons. The molecule has 1 unspecified atom stereocenters. The van der Waals surface area contributed by atoms with Crippen LogP contribution in [0, 0.1) is 0 Å². The topological polar surface area (TPSA) is 345 Å². The number of phenolic OH excluding ortho intramolecular Hbond substituents is 9. The maximum Gasteiger partial charge on any atom is 0.318 e. The summed E-state index contributed by atoms with van der Waals surface area (Å²) in [5, 5.41) is 94.3. The largest absolute Gasteiger partial charge is 0.504 e. The average molecular weight is 847 g/mol.